The number of rotatable bonds is 8. The number of carbonyl (C=O) groups excluding carboxylic acids is 1. The zero-order valence-electron chi connectivity index (χ0n) is 18.3. The zero-order valence-corrected chi connectivity index (χ0v) is 19.1. The molecule has 0 bridgehead atoms. The van der Waals surface area contributed by atoms with Crippen LogP contribution in [0.5, 0.6) is 5.75 Å². The topological polar surface area (TPSA) is 75.7 Å². The molecule has 0 aliphatic heterocycles. The summed E-state index contributed by atoms with van der Waals surface area (Å²) in [6, 6.07) is 18.1. The number of aryl methyl sites for hydroxylation is 1. The number of nitrogens with zero attached hydrogens (tertiary/aromatic N) is 1. The van der Waals surface area contributed by atoms with Crippen LogP contribution in [0.2, 0.25) is 0 Å². The smallest absolute Gasteiger partial charge is 0.243 e. The maximum atomic E-state index is 13.0. The van der Waals surface area contributed by atoms with E-state index in [-0.39, 0.29) is 23.4 Å². The number of hydrogen-bond donors (Lipinski definition) is 1. The molecule has 0 radical (unpaired) electrons. The molecular weight excluding hydrogens is 412 g/mol. The van der Waals surface area contributed by atoms with Crippen molar-refractivity contribution in [3.05, 3.63) is 71.8 Å². The highest BCUT2D eigenvalue weighted by Crippen LogP contribution is 2.25. The quantitative estimate of drug-likeness (QED) is 0.574. The minimum atomic E-state index is -3.79. The fourth-order valence-electron chi connectivity index (χ4n) is 3.57. The first-order chi connectivity index (χ1) is 14.8. The summed E-state index contributed by atoms with van der Waals surface area (Å²) in [5.74, 6) is 0.429. The molecule has 1 N–H and O–H groups in total. The van der Waals surface area contributed by atoms with E-state index in [0.717, 1.165) is 32.0 Å². The van der Waals surface area contributed by atoms with Crippen LogP contribution in [0.4, 0.5) is 0 Å². The van der Waals surface area contributed by atoms with Gasteiger partial charge < -0.3 is 10.1 Å². The Hall–Kier alpha value is -2.90. The normalized spacial score (nSPS) is 12.7. The summed E-state index contributed by atoms with van der Waals surface area (Å²) in [6.07, 6.45) is 0.679. The van der Waals surface area contributed by atoms with Gasteiger partial charge in [0.05, 0.1) is 24.6 Å². The van der Waals surface area contributed by atoms with Gasteiger partial charge in [-0.05, 0) is 53.4 Å². The first-order valence-electron chi connectivity index (χ1n) is 10.1. The molecule has 1 atom stereocenters. The van der Waals surface area contributed by atoms with Gasteiger partial charge >= 0.3 is 0 Å². The van der Waals surface area contributed by atoms with Crippen LogP contribution in [0.1, 0.15) is 30.5 Å². The highest BCUT2D eigenvalue weighted by Gasteiger charge is 2.24. The van der Waals surface area contributed by atoms with Crippen LogP contribution in [-0.4, -0.2) is 39.3 Å². The van der Waals surface area contributed by atoms with Crippen LogP contribution in [0.25, 0.3) is 10.8 Å². The lowest BCUT2D eigenvalue weighted by molar-refractivity contribution is -0.121. The molecule has 0 aliphatic carbocycles. The van der Waals surface area contributed by atoms with Gasteiger partial charge in [0.2, 0.25) is 15.9 Å². The molecule has 164 valence electrons. The third-order valence-corrected chi connectivity index (χ3v) is 7.16. The molecule has 31 heavy (non-hydrogen) atoms. The van der Waals surface area contributed by atoms with Crippen molar-refractivity contribution in [2.75, 3.05) is 20.7 Å². The number of amides is 1. The van der Waals surface area contributed by atoms with Crippen molar-refractivity contribution in [2.24, 2.45) is 0 Å². The lowest BCUT2D eigenvalue weighted by Crippen LogP contribution is -2.39. The molecule has 0 fully saturated rings. The molecule has 0 saturated carbocycles. The summed E-state index contributed by atoms with van der Waals surface area (Å²) in [4.78, 5) is 12.8. The number of methoxy groups -OCH3 is 1. The van der Waals surface area contributed by atoms with E-state index in [4.69, 9.17) is 4.74 Å². The number of ether oxygens (including phenoxy) is 1. The Morgan fingerprint density at radius 3 is 2.42 bits per heavy atom. The molecule has 0 spiro atoms. The molecule has 0 aliphatic rings. The second-order valence-electron chi connectivity index (χ2n) is 7.53. The van der Waals surface area contributed by atoms with Crippen LogP contribution in [0.15, 0.2) is 65.6 Å². The van der Waals surface area contributed by atoms with Gasteiger partial charge in [-0.3, -0.25) is 4.79 Å². The van der Waals surface area contributed by atoms with E-state index in [0.29, 0.717) is 6.42 Å². The number of carbonyl (C=O) groups is 1. The van der Waals surface area contributed by atoms with E-state index in [1.807, 2.05) is 56.3 Å². The van der Waals surface area contributed by atoms with Crippen LogP contribution in [0.3, 0.4) is 0 Å². The molecule has 7 heteroatoms. The van der Waals surface area contributed by atoms with Crippen molar-refractivity contribution in [3.63, 3.8) is 0 Å². The van der Waals surface area contributed by atoms with Crippen LogP contribution in [0, 0.1) is 6.92 Å². The van der Waals surface area contributed by atoms with Crippen molar-refractivity contribution >= 4 is 26.7 Å². The summed E-state index contributed by atoms with van der Waals surface area (Å²) in [6.45, 7) is 3.65. The number of nitrogens with one attached hydrogen (secondary N) is 1. The van der Waals surface area contributed by atoms with Crippen LogP contribution >= 0.6 is 0 Å². The molecule has 0 unspecified atom stereocenters. The van der Waals surface area contributed by atoms with Crippen molar-refractivity contribution in [2.45, 2.75) is 31.2 Å². The van der Waals surface area contributed by atoms with Crippen LogP contribution < -0.4 is 10.1 Å². The summed E-state index contributed by atoms with van der Waals surface area (Å²) >= 11 is 0. The van der Waals surface area contributed by atoms with Crippen molar-refractivity contribution < 1.29 is 17.9 Å². The van der Waals surface area contributed by atoms with E-state index in [2.05, 4.69) is 5.32 Å². The largest absolute Gasteiger partial charge is 0.496 e. The summed E-state index contributed by atoms with van der Waals surface area (Å²) < 4.78 is 32.3. The van der Waals surface area contributed by atoms with E-state index in [1.54, 1.807) is 25.3 Å². The highest BCUT2D eigenvalue weighted by molar-refractivity contribution is 7.89. The lowest BCUT2D eigenvalue weighted by Gasteiger charge is -2.22. The first kappa shape index (κ1) is 22.8. The van der Waals surface area contributed by atoms with Gasteiger partial charge in [0.25, 0.3) is 0 Å². The van der Waals surface area contributed by atoms with E-state index in [1.165, 1.54) is 7.05 Å². The van der Waals surface area contributed by atoms with Gasteiger partial charge in [-0.1, -0.05) is 49.4 Å². The van der Waals surface area contributed by atoms with Gasteiger partial charge in [-0.2, -0.15) is 4.31 Å². The van der Waals surface area contributed by atoms with Crippen LogP contribution in [-0.2, 0) is 14.8 Å². The van der Waals surface area contributed by atoms with E-state index < -0.39 is 10.0 Å². The van der Waals surface area contributed by atoms with E-state index >= 15 is 0 Å². The van der Waals surface area contributed by atoms with Gasteiger partial charge in [0, 0.05) is 7.05 Å². The standard InChI is InChI=1S/C24H28N2O4S/c1-5-22(20-11-13-23(30-4)17(2)14-20)25-24(27)16-26(3)31(28,29)21-12-10-18-8-6-7-9-19(18)15-21/h6-15,22H,5,16H2,1-4H3,(H,25,27)/t22-/m1/s1. The second-order valence-corrected chi connectivity index (χ2v) is 9.57. The van der Waals surface area contributed by atoms with E-state index in [9.17, 15) is 13.2 Å². The third kappa shape index (κ3) is 5.06. The number of hydrogen-bond acceptors (Lipinski definition) is 4. The van der Waals surface area contributed by atoms with Crippen molar-refractivity contribution in [1.29, 1.82) is 0 Å². The van der Waals surface area contributed by atoms with Gasteiger partial charge in [0.15, 0.2) is 0 Å². The third-order valence-electron chi connectivity index (χ3n) is 5.36. The molecule has 3 aromatic rings. The summed E-state index contributed by atoms with van der Waals surface area (Å²) in [5.41, 5.74) is 1.93. The Kier molecular flexibility index (Phi) is 6.97. The van der Waals surface area contributed by atoms with Crippen molar-refractivity contribution in [1.82, 2.24) is 9.62 Å². The number of sulfonamides is 1. The molecule has 0 aromatic heterocycles. The Bertz CT molecular complexity index is 1190. The van der Waals surface area contributed by atoms with Gasteiger partial charge in [0.1, 0.15) is 5.75 Å². The molecule has 6 nitrogen and oxygen atoms in total. The number of likely N-dealkylation sites (N-methyl/N-ethyl adjacent to an activating group) is 1. The van der Waals surface area contributed by atoms with Crippen molar-refractivity contribution in [3.8, 4) is 5.75 Å². The Balaban J connectivity index is 1.72. The highest BCUT2D eigenvalue weighted by atomic mass is 32.2. The second kappa shape index (κ2) is 9.49. The summed E-state index contributed by atoms with van der Waals surface area (Å²) in [7, 11) is -0.755. The number of fused-ring (bicyclic) bond motifs is 1. The Morgan fingerprint density at radius 1 is 1.06 bits per heavy atom. The molecule has 3 aromatic carbocycles. The minimum absolute atomic E-state index is 0.166. The molecule has 1 amide bonds. The predicted molar refractivity (Wildman–Crippen MR) is 123 cm³/mol. The maximum Gasteiger partial charge on any atom is 0.243 e. The SMILES string of the molecule is CC[C@@H](NC(=O)CN(C)S(=O)(=O)c1ccc2ccccc2c1)c1ccc(OC)c(C)c1. The molecule has 3 rings (SSSR count). The fraction of sp³-hybridized carbons (Fsp3) is 0.292. The fourth-order valence-corrected chi connectivity index (χ4v) is 4.74. The Labute approximate surface area is 183 Å². The molecule has 0 saturated heterocycles. The molecular formula is C24H28N2O4S. The number of benzene rings is 3. The Morgan fingerprint density at radius 2 is 1.77 bits per heavy atom. The monoisotopic (exact) mass is 440 g/mol. The average molecular weight is 441 g/mol. The molecule has 0 heterocycles. The summed E-state index contributed by atoms with van der Waals surface area (Å²) in [5, 5.41) is 4.74. The predicted octanol–water partition coefficient (Wildman–Crippen LogP) is 4.04. The van der Waals surface area contributed by atoms with Gasteiger partial charge in [-0.15, -0.1) is 0 Å². The minimum Gasteiger partial charge on any atom is -0.496 e. The van der Waals surface area contributed by atoms with Gasteiger partial charge in [-0.25, -0.2) is 8.42 Å². The average Bonchev–Trinajstić information content (AvgIpc) is 2.76. The lowest BCUT2D eigenvalue weighted by atomic mass is 10.0. The maximum absolute atomic E-state index is 13.0. The first-order valence-corrected chi connectivity index (χ1v) is 11.6. The zero-order chi connectivity index (χ0) is 22.6.